The van der Waals surface area contributed by atoms with Gasteiger partial charge in [0.05, 0.1) is 5.54 Å². The quantitative estimate of drug-likeness (QED) is 0.667. The molecule has 2 aromatic rings. The molecule has 0 aliphatic carbocycles. The first-order chi connectivity index (χ1) is 12.0. The number of nitrogens with two attached hydrogens (primary N) is 1. The summed E-state index contributed by atoms with van der Waals surface area (Å²) in [6.45, 7) is 4.51. The summed E-state index contributed by atoms with van der Waals surface area (Å²) in [5.41, 5.74) is 6.35. The molecule has 0 fully saturated rings. The Labute approximate surface area is 165 Å². The Balaban J connectivity index is 0.00000338. The number of aryl methyl sites for hydroxylation is 1. The van der Waals surface area contributed by atoms with Crippen molar-refractivity contribution in [3.8, 4) is 11.4 Å². The van der Waals surface area contributed by atoms with E-state index in [-0.39, 0.29) is 23.9 Å². The van der Waals surface area contributed by atoms with Crippen molar-refractivity contribution in [2.45, 2.75) is 51.5 Å². The number of nitrogens with zero attached hydrogens (tertiary/aromatic N) is 2. The van der Waals surface area contributed by atoms with Crippen molar-refractivity contribution in [1.29, 1.82) is 0 Å². The number of carbonyl (C=O) groups is 1. The zero-order chi connectivity index (χ0) is 18.3. The minimum atomic E-state index is -0.302. The zero-order valence-corrected chi connectivity index (χ0v) is 16.7. The van der Waals surface area contributed by atoms with Crippen LogP contribution in [-0.4, -0.2) is 28.1 Å². The van der Waals surface area contributed by atoms with Crippen molar-refractivity contribution in [3.63, 3.8) is 0 Å². The molecule has 0 saturated heterocycles. The van der Waals surface area contributed by atoms with Crippen LogP contribution in [0.1, 0.15) is 45.4 Å². The van der Waals surface area contributed by atoms with Crippen molar-refractivity contribution >= 4 is 29.9 Å². The highest BCUT2D eigenvalue weighted by atomic mass is 35.5. The van der Waals surface area contributed by atoms with Gasteiger partial charge in [-0.25, -0.2) is 0 Å². The Morgan fingerprint density at radius 3 is 2.50 bits per heavy atom. The van der Waals surface area contributed by atoms with Crippen molar-refractivity contribution < 1.29 is 9.32 Å². The lowest BCUT2D eigenvalue weighted by Crippen LogP contribution is -2.52. The van der Waals surface area contributed by atoms with Gasteiger partial charge in [-0.1, -0.05) is 30.6 Å². The van der Waals surface area contributed by atoms with Crippen molar-refractivity contribution in [2.24, 2.45) is 5.73 Å². The lowest BCUT2D eigenvalue weighted by Gasteiger charge is -2.31. The number of hydrogen-bond acceptors (Lipinski definition) is 5. The van der Waals surface area contributed by atoms with Crippen LogP contribution in [0.5, 0.6) is 0 Å². The summed E-state index contributed by atoms with van der Waals surface area (Å²) in [6.07, 6.45) is 3.24. The van der Waals surface area contributed by atoms with E-state index in [0.717, 1.165) is 18.4 Å². The normalized spacial score (nSPS) is 11.1. The highest BCUT2D eigenvalue weighted by molar-refractivity contribution is 6.30. The molecule has 1 amide bonds. The Kier molecular flexibility index (Phi) is 9.05. The summed E-state index contributed by atoms with van der Waals surface area (Å²) >= 11 is 5.87. The molecule has 0 aliphatic rings. The fourth-order valence-electron chi connectivity index (χ4n) is 2.60. The Morgan fingerprint density at radius 1 is 1.27 bits per heavy atom. The second-order valence-corrected chi connectivity index (χ2v) is 6.55. The van der Waals surface area contributed by atoms with E-state index in [9.17, 15) is 4.79 Å². The van der Waals surface area contributed by atoms with Crippen molar-refractivity contribution in [1.82, 2.24) is 15.5 Å². The fraction of sp³-hybridized carbons (Fsp3) is 0.500. The summed E-state index contributed by atoms with van der Waals surface area (Å²) < 4.78 is 5.25. The van der Waals surface area contributed by atoms with Gasteiger partial charge in [0.25, 0.3) is 0 Å². The van der Waals surface area contributed by atoms with Gasteiger partial charge in [-0.2, -0.15) is 4.98 Å². The van der Waals surface area contributed by atoms with Crippen molar-refractivity contribution in [3.05, 3.63) is 35.2 Å². The third kappa shape index (κ3) is 5.97. The third-order valence-electron chi connectivity index (χ3n) is 4.51. The van der Waals surface area contributed by atoms with Crippen LogP contribution in [-0.2, 0) is 11.2 Å². The molecule has 1 heterocycles. The zero-order valence-electron chi connectivity index (χ0n) is 15.1. The maximum Gasteiger partial charge on any atom is 0.226 e. The number of hydrogen-bond donors (Lipinski definition) is 2. The molecule has 0 aliphatic heterocycles. The molecule has 3 N–H and O–H groups in total. The molecule has 0 radical (unpaired) electrons. The second-order valence-electron chi connectivity index (χ2n) is 6.11. The van der Waals surface area contributed by atoms with E-state index in [1.165, 1.54) is 0 Å². The van der Waals surface area contributed by atoms with Gasteiger partial charge in [0.15, 0.2) is 0 Å². The first kappa shape index (κ1) is 22.4. The SMILES string of the molecule is CCC(CC)(CN)NC(=O)CCCc1nc(-c2ccc(Cl)cc2)no1.Cl. The lowest BCUT2D eigenvalue weighted by molar-refractivity contribution is -0.123. The van der Waals surface area contributed by atoms with Crippen LogP contribution in [0.4, 0.5) is 0 Å². The van der Waals surface area contributed by atoms with E-state index in [0.29, 0.717) is 42.5 Å². The van der Waals surface area contributed by atoms with E-state index in [2.05, 4.69) is 15.5 Å². The number of halogens is 2. The smallest absolute Gasteiger partial charge is 0.226 e. The average Bonchev–Trinajstić information content (AvgIpc) is 3.09. The van der Waals surface area contributed by atoms with E-state index >= 15 is 0 Å². The predicted molar refractivity (Wildman–Crippen MR) is 105 cm³/mol. The van der Waals surface area contributed by atoms with Gasteiger partial charge in [-0.05, 0) is 43.5 Å². The van der Waals surface area contributed by atoms with Gasteiger partial charge in [0.2, 0.25) is 17.6 Å². The van der Waals surface area contributed by atoms with Crippen LogP contribution in [0.25, 0.3) is 11.4 Å². The number of carbonyl (C=O) groups excluding carboxylic acids is 1. The molecule has 0 spiro atoms. The van der Waals surface area contributed by atoms with Gasteiger partial charge in [0, 0.05) is 30.0 Å². The lowest BCUT2D eigenvalue weighted by atomic mass is 9.92. The van der Waals surface area contributed by atoms with Gasteiger partial charge >= 0.3 is 0 Å². The van der Waals surface area contributed by atoms with Gasteiger partial charge in [-0.15, -0.1) is 12.4 Å². The Hall–Kier alpha value is -1.63. The highest BCUT2D eigenvalue weighted by Gasteiger charge is 2.25. The molecular weight excluding hydrogens is 375 g/mol. The summed E-state index contributed by atoms with van der Waals surface area (Å²) in [5, 5.41) is 7.68. The minimum absolute atomic E-state index is 0. The molecule has 2 rings (SSSR count). The number of nitrogens with one attached hydrogen (secondary N) is 1. The van der Waals surface area contributed by atoms with Crippen LogP contribution in [0, 0.1) is 0 Å². The molecule has 1 aromatic carbocycles. The monoisotopic (exact) mass is 400 g/mol. The van der Waals surface area contributed by atoms with Crippen LogP contribution in [0.15, 0.2) is 28.8 Å². The molecular formula is C18H26Cl2N4O2. The topological polar surface area (TPSA) is 94.0 Å². The van der Waals surface area contributed by atoms with Crippen LogP contribution < -0.4 is 11.1 Å². The first-order valence-corrected chi connectivity index (χ1v) is 8.99. The number of aromatic nitrogens is 2. The Morgan fingerprint density at radius 2 is 1.92 bits per heavy atom. The molecule has 144 valence electrons. The standard InChI is InChI=1S/C18H25ClN4O2.ClH/c1-3-18(4-2,12-20)22-15(24)6-5-7-16-21-17(23-25-16)13-8-10-14(19)11-9-13;/h8-11H,3-7,12,20H2,1-2H3,(H,22,24);1H. The summed E-state index contributed by atoms with van der Waals surface area (Å²) in [5.74, 6) is 1.05. The van der Waals surface area contributed by atoms with Crippen LogP contribution >= 0.6 is 24.0 Å². The summed E-state index contributed by atoms with van der Waals surface area (Å²) in [4.78, 5) is 16.5. The molecule has 6 nitrogen and oxygen atoms in total. The maximum absolute atomic E-state index is 12.1. The molecule has 0 saturated carbocycles. The van der Waals surface area contributed by atoms with Gasteiger partial charge < -0.3 is 15.6 Å². The van der Waals surface area contributed by atoms with E-state index in [4.69, 9.17) is 21.9 Å². The molecule has 8 heteroatoms. The van der Waals surface area contributed by atoms with Crippen LogP contribution in [0.3, 0.4) is 0 Å². The second kappa shape index (κ2) is 10.5. The maximum atomic E-state index is 12.1. The number of amides is 1. The van der Waals surface area contributed by atoms with Gasteiger partial charge in [0.1, 0.15) is 0 Å². The Bertz CT molecular complexity index is 676. The van der Waals surface area contributed by atoms with Crippen LogP contribution in [0.2, 0.25) is 5.02 Å². The average molecular weight is 401 g/mol. The third-order valence-corrected chi connectivity index (χ3v) is 4.77. The number of rotatable bonds is 9. The highest BCUT2D eigenvalue weighted by Crippen LogP contribution is 2.19. The molecule has 0 bridgehead atoms. The van der Waals surface area contributed by atoms with Gasteiger partial charge in [-0.3, -0.25) is 4.79 Å². The van der Waals surface area contributed by atoms with E-state index in [1.54, 1.807) is 12.1 Å². The molecule has 0 atom stereocenters. The van der Waals surface area contributed by atoms with E-state index in [1.807, 2.05) is 26.0 Å². The molecule has 26 heavy (non-hydrogen) atoms. The summed E-state index contributed by atoms with van der Waals surface area (Å²) in [7, 11) is 0. The largest absolute Gasteiger partial charge is 0.349 e. The van der Waals surface area contributed by atoms with E-state index < -0.39 is 0 Å². The predicted octanol–water partition coefficient (Wildman–Crippen LogP) is 3.77. The first-order valence-electron chi connectivity index (χ1n) is 8.61. The van der Waals surface area contributed by atoms with Crippen molar-refractivity contribution in [2.75, 3.05) is 6.54 Å². The number of benzene rings is 1. The minimum Gasteiger partial charge on any atom is -0.349 e. The fourth-order valence-corrected chi connectivity index (χ4v) is 2.72. The molecule has 1 aromatic heterocycles. The summed E-state index contributed by atoms with van der Waals surface area (Å²) in [6, 6.07) is 7.24. The molecule has 0 unspecified atom stereocenters.